The Labute approximate surface area is 174 Å². The number of aliphatic imine (C=N–C) groups is 2. The number of hydrogen-bond acceptors (Lipinski definition) is 7. The van der Waals surface area contributed by atoms with Crippen molar-refractivity contribution in [2.24, 2.45) is 21.8 Å². The van der Waals surface area contributed by atoms with Crippen molar-refractivity contribution in [3.8, 4) is 17.0 Å². The molecule has 3 heterocycles. The van der Waals surface area contributed by atoms with Gasteiger partial charge in [0, 0.05) is 48.8 Å². The molecule has 0 aliphatic carbocycles. The molecule has 4 rings (SSSR count). The van der Waals surface area contributed by atoms with Gasteiger partial charge in [-0.15, -0.1) is 0 Å². The molecule has 158 valence electrons. The largest absolute Gasteiger partial charge is 0.497 e. The van der Waals surface area contributed by atoms with Gasteiger partial charge in [-0.1, -0.05) is 5.16 Å². The second-order valence-electron chi connectivity index (χ2n) is 7.32. The van der Waals surface area contributed by atoms with E-state index in [0.717, 1.165) is 26.3 Å². The quantitative estimate of drug-likeness (QED) is 0.555. The van der Waals surface area contributed by atoms with Crippen LogP contribution in [0.3, 0.4) is 0 Å². The van der Waals surface area contributed by atoms with Gasteiger partial charge in [0.25, 0.3) is 0 Å². The highest BCUT2D eigenvalue weighted by Gasteiger charge is 2.36. The highest BCUT2D eigenvalue weighted by atomic mass is 19.1. The molecule has 0 amide bonds. The van der Waals surface area contributed by atoms with Crippen molar-refractivity contribution < 1.29 is 18.4 Å². The zero-order chi connectivity index (χ0) is 20.9. The first-order valence-corrected chi connectivity index (χ1v) is 9.71. The van der Waals surface area contributed by atoms with Gasteiger partial charge < -0.3 is 19.3 Å². The third-order valence-corrected chi connectivity index (χ3v) is 5.31. The number of anilines is 1. The topological polar surface area (TPSA) is 84.5 Å². The summed E-state index contributed by atoms with van der Waals surface area (Å²) in [5.41, 5.74) is 0.690. The number of rotatable bonds is 7. The first-order chi connectivity index (χ1) is 14.7. The number of halogens is 1. The van der Waals surface area contributed by atoms with E-state index in [1.807, 2.05) is 0 Å². The van der Waals surface area contributed by atoms with Crippen LogP contribution in [0, 0.1) is 17.7 Å². The van der Waals surface area contributed by atoms with Crippen molar-refractivity contribution in [1.29, 1.82) is 0 Å². The zero-order valence-electron chi connectivity index (χ0n) is 16.8. The second-order valence-corrected chi connectivity index (χ2v) is 7.32. The number of nitrogens with one attached hydrogen (secondary N) is 1. The van der Waals surface area contributed by atoms with Crippen LogP contribution in [0.5, 0.6) is 5.75 Å². The van der Waals surface area contributed by atoms with Crippen LogP contribution in [-0.4, -0.2) is 62.7 Å². The average molecular weight is 413 g/mol. The van der Waals surface area contributed by atoms with Crippen LogP contribution in [0.4, 0.5) is 10.3 Å². The highest BCUT2D eigenvalue weighted by molar-refractivity contribution is 6.03. The fraction of sp³-hybridized carbons (Fsp3) is 0.381. The van der Waals surface area contributed by atoms with E-state index in [4.69, 9.17) is 14.0 Å². The summed E-state index contributed by atoms with van der Waals surface area (Å²) in [6.07, 6.45) is 3.24. The number of aromatic nitrogens is 1. The van der Waals surface area contributed by atoms with Crippen LogP contribution in [0.2, 0.25) is 0 Å². The lowest BCUT2D eigenvalue weighted by molar-refractivity contribution is 0.155. The Morgan fingerprint density at radius 2 is 2.17 bits per heavy atom. The minimum Gasteiger partial charge on any atom is -0.497 e. The van der Waals surface area contributed by atoms with E-state index in [-0.39, 0.29) is 0 Å². The molecule has 2 unspecified atom stereocenters. The van der Waals surface area contributed by atoms with Gasteiger partial charge in [0.1, 0.15) is 23.1 Å². The number of fused-ring (bicyclic) bond motifs is 1. The molecule has 0 saturated carbocycles. The molecule has 1 N–H and O–H groups in total. The van der Waals surface area contributed by atoms with Gasteiger partial charge in [-0.3, -0.25) is 14.9 Å². The van der Waals surface area contributed by atoms with Gasteiger partial charge in [0.05, 0.1) is 27.0 Å². The maximum atomic E-state index is 14.3. The van der Waals surface area contributed by atoms with Crippen molar-refractivity contribution in [1.82, 2.24) is 10.1 Å². The minimum atomic E-state index is -0.442. The highest BCUT2D eigenvalue weighted by Crippen LogP contribution is 2.29. The van der Waals surface area contributed by atoms with Crippen molar-refractivity contribution in [2.75, 3.05) is 45.4 Å². The summed E-state index contributed by atoms with van der Waals surface area (Å²) in [7, 11) is 1.49. The fourth-order valence-electron chi connectivity index (χ4n) is 3.75. The van der Waals surface area contributed by atoms with Gasteiger partial charge in [-0.2, -0.15) is 0 Å². The van der Waals surface area contributed by atoms with E-state index < -0.39 is 5.82 Å². The Kier molecular flexibility index (Phi) is 6.20. The standard InChI is InChI=1S/C21H24FN5O3/c1-23-6-5-20(24-13-27-9-14-11-29-12-15(14)10-27)25-21-8-19(26-30-21)17-4-3-16(28-2)7-18(17)22/h3-8,14-15H,1,9-13H2,2H3,(H,24,25)/b6-5-. The number of hydrogen-bond donors (Lipinski definition) is 1. The summed E-state index contributed by atoms with van der Waals surface area (Å²) in [4.78, 5) is 10.7. The summed E-state index contributed by atoms with van der Waals surface area (Å²) in [5.74, 6) is 2.08. The minimum absolute atomic E-state index is 0.320. The lowest BCUT2D eigenvalue weighted by atomic mass is 10.0. The van der Waals surface area contributed by atoms with Crippen LogP contribution >= 0.6 is 0 Å². The van der Waals surface area contributed by atoms with Crippen molar-refractivity contribution >= 4 is 18.4 Å². The molecule has 2 aromatic rings. The Balaban J connectivity index is 1.44. The normalized spacial score (nSPS) is 21.9. The lowest BCUT2D eigenvalue weighted by Gasteiger charge is -2.14. The van der Waals surface area contributed by atoms with Gasteiger partial charge in [0.2, 0.25) is 5.88 Å². The van der Waals surface area contributed by atoms with Crippen molar-refractivity contribution in [3.63, 3.8) is 0 Å². The first kappa shape index (κ1) is 20.2. The summed E-state index contributed by atoms with van der Waals surface area (Å²) < 4.78 is 30.2. The van der Waals surface area contributed by atoms with Crippen LogP contribution in [0.1, 0.15) is 0 Å². The van der Waals surface area contributed by atoms with Gasteiger partial charge >= 0.3 is 0 Å². The van der Waals surface area contributed by atoms with Crippen LogP contribution < -0.4 is 10.1 Å². The van der Waals surface area contributed by atoms with E-state index in [2.05, 4.69) is 32.1 Å². The lowest BCUT2D eigenvalue weighted by Crippen LogP contribution is -2.24. The predicted molar refractivity (Wildman–Crippen MR) is 112 cm³/mol. The maximum absolute atomic E-state index is 14.3. The Bertz CT molecular complexity index is 946. The number of nitrogens with zero attached hydrogens (tertiary/aromatic N) is 4. The molecular weight excluding hydrogens is 389 g/mol. The summed E-state index contributed by atoms with van der Waals surface area (Å²) >= 11 is 0. The molecule has 2 aliphatic rings. The number of benzene rings is 1. The molecule has 0 radical (unpaired) electrons. The molecule has 0 spiro atoms. The monoisotopic (exact) mass is 413 g/mol. The second kappa shape index (κ2) is 9.19. The van der Waals surface area contributed by atoms with Crippen molar-refractivity contribution in [2.45, 2.75) is 0 Å². The molecule has 2 atom stereocenters. The summed E-state index contributed by atoms with van der Waals surface area (Å²) in [6.45, 7) is 7.62. The number of likely N-dealkylation sites (tertiary alicyclic amines) is 1. The Morgan fingerprint density at radius 1 is 1.37 bits per heavy atom. The molecule has 9 heteroatoms. The molecular formula is C21H24FN5O3. The number of amidine groups is 1. The molecule has 2 saturated heterocycles. The van der Waals surface area contributed by atoms with E-state index in [1.165, 1.54) is 13.2 Å². The first-order valence-electron chi connectivity index (χ1n) is 9.71. The van der Waals surface area contributed by atoms with Gasteiger partial charge in [-0.25, -0.2) is 4.39 Å². The summed E-state index contributed by atoms with van der Waals surface area (Å²) in [5, 5.41) is 7.02. The molecule has 30 heavy (non-hydrogen) atoms. The molecule has 0 bridgehead atoms. The fourth-order valence-corrected chi connectivity index (χ4v) is 3.75. The van der Waals surface area contributed by atoms with Crippen LogP contribution in [0.15, 0.2) is 51.0 Å². The Hall–Kier alpha value is -3.04. The molecule has 1 aromatic heterocycles. The van der Waals surface area contributed by atoms with E-state index in [1.54, 1.807) is 30.5 Å². The third kappa shape index (κ3) is 4.58. The molecule has 2 fully saturated rings. The predicted octanol–water partition coefficient (Wildman–Crippen LogP) is 3.05. The number of methoxy groups -OCH3 is 1. The van der Waals surface area contributed by atoms with E-state index >= 15 is 0 Å². The van der Waals surface area contributed by atoms with Gasteiger partial charge in [-0.05, 0) is 24.9 Å². The molecule has 2 aliphatic heterocycles. The average Bonchev–Trinajstić information content (AvgIpc) is 3.46. The zero-order valence-corrected chi connectivity index (χ0v) is 16.8. The molecule has 8 nitrogen and oxygen atoms in total. The van der Waals surface area contributed by atoms with Crippen molar-refractivity contribution in [3.05, 3.63) is 42.4 Å². The van der Waals surface area contributed by atoms with Crippen LogP contribution in [0.25, 0.3) is 11.3 Å². The van der Waals surface area contributed by atoms with Gasteiger partial charge in [0.15, 0.2) is 0 Å². The number of ether oxygens (including phenoxy) is 2. The SMILES string of the molecule is C=N/C=C\C(=N/CN1CC2COCC2C1)Nc1cc(-c2ccc(OC)cc2F)no1. The summed E-state index contributed by atoms with van der Waals surface area (Å²) in [6, 6.07) is 6.19. The molecule has 1 aromatic carbocycles. The maximum Gasteiger partial charge on any atom is 0.230 e. The van der Waals surface area contributed by atoms with Crippen LogP contribution in [-0.2, 0) is 4.74 Å². The third-order valence-electron chi connectivity index (χ3n) is 5.31. The van der Waals surface area contributed by atoms with E-state index in [0.29, 0.717) is 47.2 Å². The smallest absolute Gasteiger partial charge is 0.230 e. The Morgan fingerprint density at radius 3 is 2.87 bits per heavy atom. The van der Waals surface area contributed by atoms with E-state index in [9.17, 15) is 4.39 Å².